The minimum Gasteiger partial charge on any atom is -0.464 e. The first-order chi connectivity index (χ1) is 11.4. The van der Waals surface area contributed by atoms with E-state index < -0.39 is 0 Å². The third kappa shape index (κ3) is 5.03. The Kier molecular flexibility index (Phi) is 5.88. The first-order valence-corrected chi connectivity index (χ1v) is 8.47. The highest BCUT2D eigenvalue weighted by Crippen LogP contribution is 2.25. The van der Waals surface area contributed by atoms with Gasteiger partial charge in [0.15, 0.2) is 0 Å². The van der Waals surface area contributed by atoms with Crippen LogP contribution in [0.5, 0.6) is 0 Å². The summed E-state index contributed by atoms with van der Waals surface area (Å²) in [6, 6.07) is 5.43. The zero-order chi connectivity index (χ0) is 17.6. The van der Waals surface area contributed by atoms with E-state index in [0.29, 0.717) is 17.9 Å². The summed E-state index contributed by atoms with van der Waals surface area (Å²) in [4.78, 5) is 20.4. The molecule has 2 aromatic rings. The van der Waals surface area contributed by atoms with Crippen LogP contribution >= 0.6 is 11.3 Å². The molecule has 6 nitrogen and oxygen atoms in total. The van der Waals surface area contributed by atoms with Crippen LogP contribution in [-0.4, -0.2) is 29.1 Å². The summed E-state index contributed by atoms with van der Waals surface area (Å²) in [5.74, 6) is 0.175. The predicted octanol–water partition coefficient (Wildman–Crippen LogP) is 2.91. The Morgan fingerprint density at radius 1 is 1.46 bits per heavy atom. The Labute approximate surface area is 145 Å². The first kappa shape index (κ1) is 17.9. The molecular formula is C17H20N4O2S. The molecule has 126 valence electrons. The number of nitriles is 1. The average molecular weight is 344 g/mol. The van der Waals surface area contributed by atoms with E-state index in [0.717, 1.165) is 10.7 Å². The summed E-state index contributed by atoms with van der Waals surface area (Å²) in [7, 11) is 0. The van der Waals surface area contributed by atoms with Gasteiger partial charge in [-0.25, -0.2) is 9.97 Å². The molecule has 0 unspecified atom stereocenters. The van der Waals surface area contributed by atoms with E-state index in [2.05, 4.69) is 42.1 Å². The third-order valence-corrected chi connectivity index (χ3v) is 4.42. The van der Waals surface area contributed by atoms with Gasteiger partial charge in [-0.05, 0) is 12.1 Å². The number of thiazole rings is 1. The molecule has 0 aliphatic carbocycles. The van der Waals surface area contributed by atoms with E-state index >= 15 is 0 Å². The number of carbonyl (C=O) groups excluding carboxylic acids is 1. The normalized spacial score (nSPS) is 10.9. The van der Waals surface area contributed by atoms with E-state index in [4.69, 9.17) is 10.00 Å². The summed E-state index contributed by atoms with van der Waals surface area (Å²) in [6.07, 6.45) is 1.77. The summed E-state index contributed by atoms with van der Waals surface area (Å²) >= 11 is 1.56. The molecule has 0 atom stereocenters. The van der Waals surface area contributed by atoms with Crippen molar-refractivity contribution in [3.8, 4) is 6.07 Å². The lowest BCUT2D eigenvalue weighted by atomic mass is 9.98. The van der Waals surface area contributed by atoms with Crippen molar-refractivity contribution in [1.82, 2.24) is 9.97 Å². The lowest BCUT2D eigenvalue weighted by Crippen LogP contribution is -2.16. The van der Waals surface area contributed by atoms with E-state index in [9.17, 15) is 4.79 Å². The van der Waals surface area contributed by atoms with E-state index in [1.54, 1.807) is 29.7 Å². The molecule has 0 aliphatic heterocycles. The van der Waals surface area contributed by atoms with Gasteiger partial charge in [-0.2, -0.15) is 5.26 Å². The van der Waals surface area contributed by atoms with Gasteiger partial charge in [0, 0.05) is 17.0 Å². The molecule has 24 heavy (non-hydrogen) atoms. The van der Waals surface area contributed by atoms with Gasteiger partial charge >= 0.3 is 5.97 Å². The van der Waals surface area contributed by atoms with Crippen LogP contribution in [0.1, 0.15) is 37.0 Å². The Hall–Kier alpha value is -2.46. The van der Waals surface area contributed by atoms with Crippen LogP contribution in [0.4, 0.5) is 5.82 Å². The maximum absolute atomic E-state index is 11.9. The fraction of sp³-hybridized carbons (Fsp3) is 0.412. The molecular weight excluding hydrogens is 324 g/mol. The van der Waals surface area contributed by atoms with Crippen LogP contribution in [0.3, 0.4) is 0 Å². The van der Waals surface area contributed by atoms with E-state index in [1.807, 2.05) is 5.38 Å². The lowest BCUT2D eigenvalue weighted by Gasteiger charge is -2.13. The number of anilines is 1. The minimum absolute atomic E-state index is 0.0160. The van der Waals surface area contributed by atoms with Crippen molar-refractivity contribution in [2.45, 2.75) is 32.6 Å². The number of pyridine rings is 1. The summed E-state index contributed by atoms with van der Waals surface area (Å²) in [5.41, 5.74) is 1.18. The van der Waals surface area contributed by atoms with Crippen LogP contribution in [0.15, 0.2) is 23.7 Å². The van der Waals surface area contributed by atoms with Crippen LogP contribution in [0, 0.1) is 11.3 Å². The molecule has 0 saturated heterocycles. The van der Waals surface area contributed by atoms with Crippen molar-refractivity contribution in [1.29, 1.82) is 5.26 Å². The van der Waals surface area contributed by atoms with Crippen molar-refractivity contribution >= 4 is 23.1 Å². The molecule has 7 heteroatoms. The Morgan fingerprint density at radius 3 is 2.92 bits per heavy atom. The Morgan fingerprint density at radius 2 is 2.25 bits per heavy atom. The van der Waals surface area contributed by atoms with Crippen molar-refractivity contribution in [2.75, 3.05) is 18.5 Å². The molecule has 0 aromatic carbocycles. The molecule has 0 amide bonds. The monoisotopic (exact) mass is 344 g/mol. The number of aromatic nitrogens is 2. The first-order valence-electron chi connectivity index (χ1n) is 7.59. The van der Waals surface area contributed by atoms with E-state index in [-0.39, 0.29) is 24.4 Å². The van der Waals surface area contributed by atoms with Crippen molar-refractivity contribution in [3.63, 3.8) is 0 Å². The minimum atomic E-state index is -0.316. The second-order valence-electron chi connectivity index (χ2n) is 6.23. The smallest absolute Gasteiger partial charge is 0.311 e. The molecule has 0 fully saturated rings. The SMILES string of the molecule is CC(C)(C)c1nc(CC(=O)OCCNc2ncccc2C#N)cs1. The number of carbonyl (C=O) groups is 1. The highest BCUT2D eigenvalue weighted by Gasteiger charge is 2.19. The zero-order valence-corrected chi connectivity index (χ0v) is 14.8. The maximum atomic E-state index is 11.9. The maximum Gasteiger partial charge on any atom is 0.311 e. The highest BCUT2D eigenvalue weighted by molar-refractivity contribution is 7.09. The Bertz CT molecular complexity index is 744. The quantitative estimate of drug-likeness (QED) is 0.640. The van der Waals surface area contributed by atoms with Gasteiger partial charge in [0.05, 0.1) is 29.2 Å². The van der Waals surface area contributed by atoms with Gasteiger partial charge in [0.1, 0.15) is 18.5 Å². The summed E-state index contributed by atoms with van der Waals surface area (Å²) < 4.78 is 5.19. The second kappa shape index (κ2) is 7.88. The standard InChI is InChI=1S/C17H20N4O2S/c1-17(2,3)16-21-13(11-24-16)9-14(22)23-8-7-20-15-12(10-18)5-4-6-19-15/h4-6,11H,7-9H2,1-3H3,(H,19,20). The largest absolute Gasteiger partial charge is 0.464 e. The summed E-state index contributed by atoms with van der Waals surface area (Å²) in [5, 5.41) is 14.8. The average Bonchev–Trinajstić information content (AvgIpc) is 3.00. The van der Waals surface area contributed by atoms with Crippen molar-refractivity contribution in [3.05, 3.63) is 40.0 Å². The van der Waals surface area contributed by atoms with Crippen LogP contribution in [-0.2, 0) is 21.4 Å². The van der Waals surface area contributed by atoms with Gasteiger partial charge in [0.2, 0.25) is 0 Å². The number of nitrogens with zero attached hydrogens (tertiary/aromatic N) is 3. The lowest BCUT2D eigenvalue weighted by molar-refractivity contribution is -0.142. The molecule has 0 saturated carbocycles. The topological polar surface area (TPSA) is 87.9 Å². The number of hydrogen-bond acceptors (Lipinski definition) is 7. The number of esters is 1. The van der Waals surface area contributed by atoms with Gasteiger partial charge < -0.3 is 10.1 Å². The summed E-state index contributed by atoms with van der Waals surface area (Å²) in [6.45, 7) is 6.87. The number of ether oxygens (including phenoxy) is 1. The molecule has 0 aliphatic rings. The van der Waals surface area contributed by atoms with Gasteiger partial charge in [-0.3, -0.25) is 4.79 Å². The third-order valence-electron chi connectivity index (χ3n) is 3.10. The van der Waals surface area contributed by atoms with Crippen LogP contribution in [0.2, 0.25) is 0 Å². The highest BCUT2D eigenvalue weighted by atomic mass is 32.1. The molecule has 2 heterocycles. The molecule has 0 radical (unpaired) electrons. The van der Waals surface area contributed by atoms with Gasteiger partial charge in [-0.1, -0.05) is 20.8 Å². The molecule has 0 spiro atoms. The van der Waals surface area contributed by atoms with Crippen LogP contribution in [0.25, 0.3) is 0 Å². The molecule has 2 rings (SSSR count). The molecule has 2 aromatic heterocycles. The van der Waals surface area contributed by atoms with Crippen molar-refractivity contribution < 1.29 is 9.53 Å². The fourth-order valence-corrected chi connectivity index (χ4v) is 2.81. The zero-order valence-electron chi connectivity index (χ0n) is 14.0. The van der Waals surface area contributed by atoms with Crippen molar-refractivity contribution in [2.24, 2.45) is 0 Å². The fourth-order valence-electron chi connectivity index (χ4n) is 1.90. The number of hydrogen-bond donors (Lipinski definition) is 1. The predicted molar refractivity (Wildman–Crippen MR) is 92.9 cm³/mol. The number of rotatable bonds is 6. The second-order valence-corrected chi connectivity index (χ2v) is 7.09. The van der Waals surface area contributed by atoms with Gasteiger partial charge in [-0.15, -0.1) is 11.3 Å². The Balaban J connectivity index is 1.76. The number of nitrogens with one attached hydrogen (secondary N) is 1. The van der Waals surface area contributed by atoms with E-state index in [1.165, 1.54) is 0 Å². The molecule has 1 N–H and O–H groups in total. The van der Waals surface area contributed by atoms with Crippen LogP contribution < -0.4 is 5.32 Å². The molecule has 0 bridgehead atoms. The van der Waals surface area contributed by atoms with Gasteiger partial charge in [0.25, 0.3) is 0 Å².